The summed E-state index contributed by atoms with van der Waals surface area (Å²) in [6, 6.07) is 22.5. The number of halogens is 3. The lowest BCUT2D eigenvalue weighted by molar-refractivity contribution is -0.137. The Morgan fingerprint density at radius 3 is 2.18 bits per heavy atom. The van der Waals surface area contributed by atoms with Gasteiger partial charge < -0.3 is 9.80 Å². The highest BCUT2D eigenvalue weighted by molar-refractivity contribution is 7.99. The zero-order valence-electron chi connectivity index (χ0n) is 18.3. The minimum Gasteiger partial charge on any atom is -0.369 e. The van der Waals surface area contributed by atoms with Crippen LogP contribution in [0, 0.1) is 0 Å². The molecule has 0 atom stereocenters. The Morgan fingerprint density at radius 2 is 1.42 bits per heavy atom. The van der Waals surface area contributed by atoms with Crippen LogP contribution in [0.2, 0.25) is 0 Å². The van der Waals surface area contributed by atoms with Crippen molar-refractivity contribution < 1.29 is 13.2 Å². The van der Waals surface area contributed by atoms with E-state index in [4.69, 9.17) is 0 Å². The van der Waals surface area contributed by atoms with Gasteiger partial charge in [-0.25, -0.2) is 0 Å². The fraction of sp³-hybridized carbons (Fsp3) is 0.308. The van der Waals surface area contributed by atoms with Crippen molar-refractivity contribution in [1.29, 1.82) is 0 Å². The van der Waals surface area contributed by atoms with Gasteiger partial charge in [-0.2, -0.15) is 13.2 Å². The molecule has 0 radical (unpaired) electrons. The van der Waals surface area contributed by atoms with Crippen molar-refractivity contribution in [2.75, 3.05) is 49.1 Å². The summed E-state index contributed by atoms with van der Waals surface area (Å²) in [5.74, 6) is 0. The molecule has 0 aliphatic carbocycles. The van der Waals surface area contributed by atoms with Gasteiger partial charge in [0.25, 0.3) is 0 Å². The molecule has 2 aliphatic rings. The average molecular weight is 470 g/mol. The van der Waals surface area contributed by atoms with Gasteiger partial charge in [-0.05, 0) is 55.4 Å². The quantitative estimate of drug-likeness (QED) is 0.421. The van der Waals surface area contributed by atoms with Gasteiger partial charge in [0.2, 0.25) is 0 Å². The Labute approximate surface area is 196 Å². The van der Waals surface area contributed by atoms with E-state index in [0.29, 0.717) is 12.2 Å². The molecule has 5 rings (SSSR count). The van der Waals surface area contributed by atoms with E-state index in [1.807, 2.05) is 30.3 Å². The number of hydrogen-bond acceptors (Lipinski definition) is 4. The predicted octanol–water partition coefficient (Wildman–Crippen LogP) is 6.52. The van der Waals surface area contributed by atoms with Crippen LogP contribution in [0.1, 0.15) is 12.0 Å². The average Bonchev–Trinajstić information content (AvgIpc) is 2.83. The van der Waals surface area contributed by atoms with Gasteiger partial charge >= 0.3 is 6.18 Å². The van der Waals surface area contributed by atoms with Crippen LogP contribution in [-0.2, 0) is 6.18 Å². The van der Waals surface area contributed by atoms with Gasteiger partial charge in [0.15, 0.2) is 0 Å². The van der Waals surface area contributed by atoms with Crippen molar-refractivity contribution >= 4 is 28.8 Å². The second-order valence-corrected chi connectivity index (χ2v) is 9.50. The Kier molecular flexibility index (Phi) is 6.25. The van der Waals surface area contributed by atoms with E-state index in [1.165, 1.54) is 17.8 Å². The lowest BCUT2D eigenvalue weighted by Gasteiger charge is -2.37. The molecule has 7 heteroatoms. The summed E-state index contributed by atoms with van der Waals surface area (Å²) in [7, 11) is 0. The first-order chi connectivity index (χ1) is 16.0. The molecule has 1 fully saturated rings. The van der Waals surface area contributed by atoms with Gasteiger partial charge in [-0.3, -0.25) is 4.90 Å². The summed E-state index contributed by atoms with van der Waals surface area (Å²) in [5, 5.41) is 0. The normalized spacial score (nSPS) is 16.5. The van der Waals surface area contributed by atoms with E-state index in [1.54, 1.807) is 17.8 Å². The summed E-state index contributed by atoms with van der Waals surface area (Å²) in [4.78, 5) is 8.89. The summed E-state index contributed by atoms with van der Waals surface area (Å²) < 4.78 is 40.2. The second-order valence-electron chi connectivity index (χ2n) is 8.42. The smallest absolute Gasteiger partial charge is 0.369 e. The highest BCUT2D eigenvalue weighted by Gasteiger charge is 2.33. The van der Waals surface area contributed by atoms with Gasteiger partial charge in [-0.15, -0.1) is 0 Å². The summed E-state index contributed by atoms with van der Waals surface area (Å²) in [5.41, 5.74) is 2.31. The third-order valence-electron chi connectivity index (χ3n) is 6.30. The Morgan fingerprint density at radius 1 is 0.727 bits per heavy atom. The maximum Gasteiger partial charge on any atom is 0.416 e. The maximum absolute atomic E-state index is 13.4. The molecule has 1 saturated heterocycles. The van der Waals surface area contributed by atoms with E-state index >= 15 is 0 Å². The molecule has 2 aliphatic heterocycles. The van der Waals surface area contributed by atoms with Crippen molar-refractivity contribution in [2.45, 2.75) is 22.4 Å². The number of rotatable bonds is 5. The van der Waals surface area contributed by atoms with Gasteiger partial charge in [0, 0.05) is 48.2 Å². The third-order valence-corrected chi connectivity index (χ3v) is 7.43. The molecule has 0 unspecified atom stereocenters. The molecule has 0 aromatic heterocycles. The summed E-state index contributed by atoms with van der Waals surface area (Å²) in [6.07, 6.45) is -3.46. The van der Waals surface area contributed by atoms with Crippen LogP contribution < -0.4 is 9.80 Å². The van der Waals surface area contributed by atoms with E-state index < -0.39 is 11.7 Å². The molecular weight excluding hydrogens is 443 g/mol. The lowest BCUT2D eigenvalue weighted by atomic mass is 10.1. The van der Waals surface area contributed by atoms with Crippen molar-refractivity contribution in [3.63, 3.8) is 0 Å². The fourth-order valence-corrected chi connectivity index (χ4v) is 5.64. The minimum absolute atomic E-state index is 0.594. The van der Waals surface area contributed by atoms with Crippen LogP contribution in [0.5, 0.6) is 0 Å². The topological polar surface area (TPSA) is 9.72 Å². The first-order valence-electron chi connectivity index (χ1n) is 11.3. The standard InChI is InChI=1S/C26H26F3N3S/c27-26(28,29)20-11-12-25-23(19-20)32(22-9-4-5-10-24(22)33-25)14-6-13-30-15-17-31(18-16-30)21-7-2-1-3-8-21/h1-5,7-12,19H,6,13-18H2. The Hall–Kier alpha value is -2.64. The number of hydrogen-bond donors (Lipinski definition) is 0. The molecule has 33 heavy (non-hydrogen) atoms. The van der Waals surface area contributed by atoms with Crippen molar-refractivity contribution in [2.24, 2.45) is 0 Å². The molecular formula is C26H26F3N3S. The maximum atomic E-state index is 13.4. The number of benzene rings is 3. The van der Waals surface area contributed by atoms with Crippen LogP contribution in [0.3, 0.4) is 0 Å². The molecule has 2 heterocycles. The second kappa shape index (κ2) is 9.31. The fourth-order valence-electron chi connectivity index (χ4n) is 4.57. The molecule has 0 N–H and O–H groups in total. The van der Waals surface area contributed by atoms with Gasteiger partial charge in [0.1, 0.15) is 0 Å². The molecule has 172 valence electrons. The van der Waals surface area contributed by atoms with E-state index in [9.17, 15) is 13.2 Å². The lowest BCUT2D eigenvalue weighted by Crippen LogP contribution is -2.47. The number of para-hydroxylation sites is 2. The Balaban J connectivity index is 1.26. The number of nitrogens with zero attached hydrogens (tertiary/aromatic N) is 3. The summed E-state index contributed by atoms with van der Waals surface area (Å²) in [6.45, 7) is 5.59. The molecule has 3 aromatic rings. The van der Waals surface area contributed by atoms with Gasteiger partial charge in [-0.1, -0.05) is 42.1 Å². The van der Waals surface area contributed by atoms with E-state index in [2.05, 4.69) is 39.0 Å². The first kappa shape index (κ1) is 22.2. The predicted molar refractivity (Wildman–Crippen MR) is 129 cm³/mol. The largest absolute Gasteiger partial charge is 0.416 e. The first-order valence-corrected chi connectivity index (χ1v) is 12.1. The monoisotopic (exact) mass is 469 g/mol. The van der Waals surface area contributed by atoms with E-state index in [0.717, 1.165) is 54.6 Å². The third kappa shape index (κ3) is 4.84. The molecule has 3 aromatic carbocycles. The van der Waals surface area contributed by atoms with Crippen molar-refractivity contribution in [1.82, 2.24) is 4.90 Å². The van der Waals surface area contributed by atoms with Crippen molar-refractivity contribution in [3.8, 4) is 0 Å². The van der Waals surface area contributed by atoms with Gasteiger partial charge in [0.05, 0.1) is 16.9 Å². The number of piperazine rings is 1. The zero-order valence-corrected chi connectivity index (χ0v) is 19.1. The van der Waals surface area contributed by atoms with Crippen LogP contribution in [0.25, 0.3) is 0 Å². The van der Waals surface area contributed by atoms with Crippen molar-refractivity contribution in [3.05, 3.63) is 78.4 Å². The zero-order chi connectivity index (χ0) is 22.8. The van der Waals surface area contributed by atoms with Crippen LogP contribution >= 0.6 is 11.8 Å². The summed E-state index contributed by atoms with van der Waals surface area (Å²) >= 11 is 1.54. The molecule has 0 saturated carbocycles. The molecule has 0 bridgehead atoms. The molecule has 0 spiro atoms. The van der Waals surface area contributed by atoms with Crippen LogP contribution in [0.4, 0.5) is 30.2 Å². The molecule has 3 nitrogen and oxygen atoms in total. The van der Waals surface area contributed by atoms with Crippen LogP contribution in [0.15, 0.2) is 82.6 Å². The van der Waals surface area contributed by atoms with Crippen LogP contribution in [-0.4, -0.2) is 44.2 Å². The highest BCUT2D eigenvalue weighted by atomic mass is 32.2. The highest BCUT2D eigenvalue weighted by Crippen LogP contribution is 2.49. The number of alkyl halides is 3. The number of anilines is 3. The minimum atomic E-state index is -4.35. The van der Waals surface area contributed by atoms with E-state index in [-0.39, 0.29) is 0 Å². The number of fused-ring (bicyclic) bond motifs is 2. The SMILES string of the molecule is FC(F)(F)c1ccc2c(c1)N(CCCN1CCN(c3ccccc3)CC1)c1ccccc1S2. The Bertz CT molecular complexity index is 1100. The molecule has 0 amide bonds.